The van der Waals surface area contributed by atoms with E-state index in [1.54, 1.807) is 0 Å². The van der Waals surface area contributed by atoms with Gasteiger partial charge in [0.05, 0.1) is 0 Å². The van der Waals surface area contributed by atoms with Gasteiger partial charge in [-0.1, -0.05) is 29.8 Å². The maximum atomic E-state index is 6.51. The molecule has 104 valence electrons. The zero-order valence-electron chi connectivity index (χ0n) is 11.6. The minimum absolute atomic E-state index is 0.0861. The molecule has 1 aliphatic carbocycles. The van der Waals surface area contributed by atoms with Gasteiger partial charge in [0.25, 0.3) is 0 Å². The van der Waals surface area contributed by atoms with Crippen molar-refractivity contribution in [2.75, 3.05) is 0 Å². The zero-order valence-corrected chi connectivity index (χ0v) is 12.4. The van der Waals surface area contributed by atoms with E-state index >= 15 is 0 Å². The Bertz CT molecular complexity index is 624. The molecule has 1 aromatic heterocycles. The molecule has 0 saturated carbocycles. The number of benzene rings is 1. The van der Waals surface area contributed by atoms with Crippen LogP contribution in [-0.4, -0.2) is 4.98 Å². The maximum Gasteiger partial charge on any atom is 0.0485 e. The number of nitrogens with two attached hydrogens (primary N) is 1. The average Bonchev–Trinajstić information content (AvgIpc) is 2.46. The van der Waals surface area contributed by atoms with Crippen LogP contribution in [-0.2, 0) is 6.42 Å². The van der Waals surface area contributed by atoms with Gasteiger partial charge in [-0.05, 0) is 55.0 Å². The summed E-state index contributed by atoms with van der Waals surface area (Å²) in [5.41, 5.74) is 11.2. The number of rotatable bonds is 2. The minimum Gasteiger partial charge on any atom is -0.323 e. The summed E-state index contributed by atoms with van der Waals surface area (Å²) in [4.78, 5) is 4.57. The number of nitrogens with zero attached hydrogens (tertiary/aromatic N) is 1. The lowest BCUT2D eigenvalue weighted by Gasteiger charge is -2.29. The highest BCUT2D eigenvalue weighted by atomic mass is 35.5. The lowest BCUT2D eigenvalue weighted by atomic mass is 9.80. The van der Waals surface area contributed by atoms with Crippen molar-refractivity contribution in [1.82, 2.24) is 4.98 Å². The normalized spacial score (nSPS) is 19.4. The summed E-state index contributed by atoms with van der Waals surface area (Å²) in [6, 6.07) is 10.2. The van der Waals surface area contributed by atoms with Gasteiger partial charge in [-0.2, -0.15) is 0 Å². The molecule has 1 aliphatic rings. The Morgan fingerprint density at radius 2 is 2.20 bits per heavy atom. The zero-order chi connectivity index (χ0) is 14.1. The lowest BCUT2D eigenvalue weighted by Crippen LogP contribution is -2.24. The van der Waals surface area contributed by atoms with Crippen LogP contribution < -0.4 is 5.73 Å². The van der Waals surface area contributed by atoms with Crippen LogP contribution in [0.4, 0.5) is 0 Å². The third-order valence-corrected chi connectivity index (χ3v) is 4.51. The Labute approximate surface area is 125 Å². The summed E-state index contributed by atoms with van der Waals surface area (Å²) >= 11 is 6.37. The van der Waals surface area contributed by atoms with E-state index in [1.165, 1.54) is 12.0 Å². The van der Waals surface area contributed by atoms with Crippen molar-refractivity contribution in [3.8, 4) is 0 Å². The predicted octanol–water partition coefficient (Wildman–Crippen LogP) is 4.16. The maximum absolute atomic E-state index is 6.51. The van der Waals surface area contributed by atoms with Crippen LogP contribution in [0.15, 0.2) is 36.5 Å². The first-order chi connectivity index (χ1) is 9.66. The molecule has 0 radical (unpaired) electrons. The van der Waals surface area contributed by atoms with Crippen LogP contribution in [0.5, 0.6) is 0 Å². The SMILES string of the molecule is Cc1ccc(C(N)C2CCCc3cccnc32)c(Cl)c1. The first-order valence-electron chi connectivity index (χ1n) is 7.12. The predicted molar refractivity (Wildman–Crippen MR) is 83.0 cm³/mol. The minimum atomic E-state index is -0.0861. The summed E-state index contributed by atoms with van der Waals surface area (Å²) in [5.74, 6) is 0.264. The fourth-order valence-electron chi connectivity index (χ4n) is 3.11. The summed E-state index contributed by atoms with van der Waals surface area (Å²) in [5, 5.41) is 0.764. The molecule has 2 N–H and O–H groups in total. The van der Waals surface area contributed by atoms with Gasteiger partial charge in [0.15, 0.2) is 0 Å². The van der Waals surface area contributed by atoms with E-state index in [0.29, 0.717) is 0 Å². The molecule has 3 heteroatoms. The Kier molecular flexibility index (Phi) is 3.77. The van der Waals surface area contributed by atoms with Crippen LogP contribution in [0.2, 0.25) is 5.02 Å². The fraction of sp³-hybridized carbons (Fsp3) is 0.353. The highest BCUT2D eigenvalue weighted by Gasteiger charge is 2.28. The summed E-state index contributed by atoms with van der Waals surface area (Å²) in [6.45, 7) is 2.04. The standard InChI is InChI=1S/C17H19ClN2/c1-11-7-8-13(15(18)10-11)16(19)14-6-2-4-12-5-3-9-20-17(12)14/h3,5,7-10,14,16H,2,4,6,19H2,1H3. The van der Waals surface area contributed by atoms with Gasteiger partial charge in [-0.3, -0.25) is 4.98 Å². The highest BCUT2D eigenvalue weighted by Crippen LogP contribution is 2.39. The van der Waals surface area contributed by atoms with Crippen molar-refractivity contribution in [3.63, 3.8) is 0 Å². The molecular weight excluding hydrogens is 268 g/mol. The van der Waals surface area contributed by atoms with Crippen LogP contribution in [0.25, 0.3) is 0 Å². The number of hydrogen-bond donors (Lipinski definition) is 1. The van der Waals surface area contributed by atoms with Gasteiger partial charge < -0.3 is 5.73 Å². The molecule has 0 fully saturated rings. The number of hydrogen-bond acceptors (Lipinski definition) is 2. The average molecular weight is 287 g/mol. The molecule has 0 saturated heterocycles. The molecular formula is C17H19ClN2. The highest BCUT2D eigenvalue weighted by molar-refractivity contribution is 6.31. The van der Waals surface area contributed by atoms with Crippen LogP contribution in [0, 0.1) is 6.92 Å². The molecule has 2 unspecified atom stereocenters. The van der Waals surface area contributed by atoms with E-state index in [0.717, 1.165) is 34.7 Å². The lowest BCUT2D eigenvalue weighted by molar-refractivity contribution is 0.463. The number of halogens is 1. The first-order valence-corrected chi connectivity index (χ1v) is 7.50. The van der Waals surface area contributed by atoms with E-state index in [9.17, 15) is 0 Å². The van der Waals surface area contributed by atoms with Crippen LogP contribution >= 0.6 is 11.6 Å². The summed E-state index contributed by atoms with van der Waals surface area (Å²) in [6.07, 6.45) is 5.21. The van der Waals surface area contributed by atoms with E-state index in [4.69, 9.17) is 17.3 Å². The number of fused-ring (bicyclic) bond motifs is 1. The number of pyridine rings is 1. The molecule has 0 spiro atoms. The first kappa shape index (κ1) is 13.6. The Hall–Kier alpha value is -1.38. The van der Waals surface area contributed by atoms with E-state index in [-0.39, 0.29) is 12.0 Å². The second kappa shape index (κ2) is 5.55. The van der Waals surface area contributed by atoms with Crippen molar-refractivity contribution in [3.05, 3.63) is 63.9 Å². The molecule has 1 heterocycles. The second-order valence-corrected chi connectivity index (χ2v) is 6.00. The number of aryl methyl sites for hydroxylation is 2. The van der Waals surface area contributed by atoms with Crippen molar-refractivity contribution in [2.45, 2.75) is 38.1 Å². The molecule has 0 bridgehead atoms. The van der Waals surface area contributed by atoms with Gasteiger partial charge in [-0.25, -0.2) is 0 Å². The Morgan fingerprint density at radius 1 is 1.35 bits per heavy atom. The molecule has 20 heavy (non-hydrogen) atoms. The van der Waals surface area contributed by atoms with Gasteiger partial charge >= 0.3 is 0 Å². The third kappa shape index (κ3) is 2.46. The van der Waals surface area contributed by atoms with Gasteiger partial charge in [0, 0.05) is 28.9 Å². The van der Waals surface area contributed by atoms with E-state index < -0.39 is 0 Å². The number of aromatic nitrogens is 1. The molecule has 1 aromatic carbocycles. The Morgan fingerprint density at radius 3 is 3.00 bits per heavy atom. The van der Waals surface area contributed by atoms with E-state index in [2.05, 4.69) is 23.2 Å². The monoisotopic (exact) mass is 286 g/mol. The van der Waals surface area contributed by atoms with Crippen molar-refractivity contribution < 1.29 is 0 Å². The topological polar surface area (TPSA) is 38.9 Å². The molecule has 2 atom stereocenters. The Balaban J connectivity index is 1.97. The van der Waals surface area contributed by atoms with Crippen molar-refractivity contribution in [1.29, 1.82) is 0 Å². The second-order valence-electron chi connectivity index (χ2n) is 5.60. The molecule has 2 nitrogen and oxygen atoms in total. The smallest absolute Gasteiger partial charge is 0.0485 e. The van der Waals surface area contributed by atoms with Crippen LogP contribution in [0.3, 0.4) is 0 Å². The van der Waals surface area contributed by atoms with E-state index in [1.807, 2.05) is 25.3 Å². The third-order valence-electron chi connectivity index (χ3n) is 4.19. The van der Waals surface area contributed by atoms with Gasteiger partial charge in [0.1, 0.15) is 0 Å². The largest absolute Gasteiger partial charge is 0.323 e. The fourth-order valence-corrected chi connectivity index (χ4v) is 3.48. The van der Waals surface area contributed by atoms with Crippen molar-refractivity contribution in [2.24, 2.45) is 5.73 Å². The van der Waals surface area contributed by atoms with Crippen molar-refractivity contribution >= 4 is 11.6 Å². The molecule has 0 amide bonds. The molecule has 2 aromatic rings. The van der Waals surface area contributed by atoms with Gasteiger partial charge in [0.2, 0.25) is 0 Å². The molecule has 0 aliphatic heterocycles. The van der Waals surface area contributed by atoms with Crippen LogP contribution in [0.1, 0.15) is 47.2 Å². The summed E-state index contributed by atoms with van der Waals surface area (Å²) < 4.78 is 0. The quantitative estimate of drug-likeness (QED) is 0.900. The summed E-state index contributed by atoms with van der Waals surface area (Å²) in [7, 11) is 0. The van der Waals surface area contributed by atoms with Gasteiger partial charge in [-0.15, -0.1) is 0 Å². The molecule has 3 rings (SSSR count).